The standard InChI is InChI=1S/C10H11NO2S/c12-10(13)9(7-4-5-7)14-8-3-1-2-6-11-8/h1-3,6-7,9H,4-5H2,(H,12,13). The average molecular weight is 209 g/mol. The van der Waals surface area contributed by atoms with Crippen molar-refractivity contribution in [1.82, 2.24) is 4.98 Å². The van der Waals surface area contributed by atoms with Crippen LogP contribution in [0, 0.1) is 5.92 Å². The second kappa shape index (κ2) is 4.00. The first-order valence-corrected chi connectivity index (χ1v) is 5.46. The van der Waals surface area contributed by atoms with Crippen LogP contribution in [0.4, 0.5) is 0 Å². The molecule has 1 aliphatic rings. The van der Waals surface area contributed by atoms with Crippen LogP contribution in [0.5, 0.6) is 0 Å². The van der Waals surface area contributed by atoms with E-state index in [1.807, 2.05) is 18.2 Å². The van der Waals surface area contributed by atoms with Gasteiger partial charge in [-0.2, -0.15) is 0 Å². The third-order valence-corrected chi connectivity index (χ3v) is 3.50. The van der Waals surface area contributed by atoms with Crippen molar-refractivity contribution in [3.05, 3.63) is 24.4 Å². The molecule has 0 saturated heterocycles. The molecular formula is C10H11NO2S. The molecule has 1 aromatic heterocycles. The second-order valence-electron chi connectivity index (χ2n) is 3.38. The van der Waals surface area contributed by atoms with Gasteiger partial charge in [-0.1, -0.05) is 17.8 Å². The maximum Gasteiger partial charge on any atom is 0.317 e. The number of hydrogen-bond acceptors (Lipinski definition) is 3. The van der Waals surface area contributed by atoms with Crippen LogP contribution in [0.3, 0.4) is 0 Å². The fraction of sp³-hybridized carbons (Fsp3) is 0.400. The highest BCUT2D eigenvalue weighted by molar-refractivity contribution is 8.00. The van der Waals surface area contributed by atoms with Gasteiger partial charge in [0.1, 0.15) is 5.25 Å². The number of rotatable bonds is 4. The fourth-order valence-electron chi connectivity index (χ4n) is 1.29. The van der Waals surface area contributed by atoms with Crippen molar-refractivity contribution < 1.29 is 9.90 Å². The molecule has 0 amide bonds. The van der Waals surface area contributed by atoms with Crippen LogP contribution >= 0.6 is 11.8 Å². The summed E-state index contributed by atoms with van der Waals surface area (Å²) in [4.78, 5) is 15.0. The molecule has 2 rings (SSSR count). The summed E-state index contributed by atoms with van der Waals surface area (Å²) >= 11 is 1.36. The molecule has 1 saturated carbocycles. The molecule has 1 aromatic rings. The SMILES string of the molecule is O=C(O)C(Sc1ccccn1)C1CC1. The predicted molar refractivity (Wildman–Crippen MR) is 54.2 cm³/mol. The Morgan fingerprint density at radius 2 is 2.36 bits per heavy atom. The number of aliphatic carboxylic acids is 1. The van der Waals surface area contributed by atoms with Crippen LogP contribution in [0.2, 0.25) is 0 Å². The Morgan fingerprint density at radius 3 is 2.86 bits per heavy atom. The Bertz CT molecular complexity index is 324. The monoisotopic (exact) mass is 209 g/mol. The number of nitrogens with zero attached hydrogens (tertiary/aromatic N) is 1. The van der Waals surface area contributed by atoms with E-state index in [1.54, 1.807) is 6.20 Å². The second-order valence-corrected chi connectivity index (χ2v) is 4.54. The van der Waals surface area contributed by atoms with Gasteiger partial charge in [0.25, 0.3) is 0 Å². The smallest absolute Gasteiger partial charge is 0.317 e. The lowest BCUT2D eigenvalue weighted by atomic mass is 10.3. The number of pyridine rings is 1. The number of carbonyl (C=O) groups is 1. The van der Waals surface area contributed by atoms with Crippen molar-refractivity contribution in [2.24, 2.45) is 5.92 Å². The Morgan fingerprint density at radius 1 is 1.57 bits per heavy atom. The summed E-state index contributed by atoms with van der Waals surface area (Å²) in [5.74, 6) is -0.373. The van der Waals surface area contributed by atoms with Gasteiger partial charge in [0.15, 0.2) is 0 Å². The van der Waals surface area contributed by atoms with Gasteiger partial charge in [0, 0.05) is 6.20 Å². The van der Waals surface area contributed by atoms with Gasteiger partial charge in [-0.15, -0.1) is 0 Å². The lowest BCUT2D eigenvalue weighted by Crippen LogP contribution is -2.18. The molecular weight excluding hydrogens is 198 g/mol. The summed E-state index contributed by atoms with van der Waals surface area (Å²) in [7, 11) is 0. The zero-order chi connectivity index (χ0) is 9.97. The molecule has 4 heteroatoms. The van der Waals surface area contributed by atoms with Crippen LogP contribution in [0.15, 0.2) is 29.4 Å². The Balaban J connectivity index is 2.04. The molecule has 1 N–H and O–H groups in total. The van der Waals surface area contributed by atoms with Gasteiger partial charge >= 0.3 is 5.97 Å². The first-order chi connectivity index (χ1) is 6.77. The molecule has 1 unspecified atom stereocenters. The summed E-state index contributed by atoms with van der Waals surface area (Å²) in [6.45, 7) is 0. The topological polar surface area (TPSA) is 50.2 Å². The zero-order valence-electron chi connectivity index (χ0n) is 7.59. The van der Waals surface area contributed by atoms with Crippen LogP contribution in [0.25, 0.3) is 0 Å². The zero-order valence-corrected chi connectivity index (χ0v) is 8.41. The van der Waals surface area contributed by atoms with Gasteiger partial charge in [-0.05, 0) is 30.9 Å². The minimum absolute atomic E-state index is 0.315. The number of aromatic nitrogens is 1. The van der Waals surface area contributed by atoms with E-state index in [-0.39, 0.29) is 5.25 Å². The highest BCUT2D eigenvalue weighted by atomic mass is 32.2. The quantitative estimate of drug-likeness (QED) is 0.771. The highest BCUT2D eigenvalue weighted by Crippen LogP contribution is 2.41. The molecule has 1 atom stereocenters. The van der Waals surface area contributed by atoms with Crippen LogP contribution < -0.4 is 0 Å². The maximum absolute atomic E-state index is 10.9. The third-order valence-electron chi connectivity index (χ3n) is 2.18. The lowest BCUT2D eigenvalue weighted by molar-refractivity contribution is -0.136. The normalized spacial score (nSPS) is 17.7. The molecule has 1 heterocycles. The summed E-state index contributed by atoms with van der Waals surface area (Å²) in [6.07, 6.45) is 3.77. The van der Waals surface area contributed by atoms with E-state index < -0.39 is 5.97 Å². The molecule has 1 fully saturated rings. The summed E-state index contributed by atoms with van der Waals surface area (Å²) < 4.78 is 0. The number of carboxylic acid groups (broad SMARTS) is 1. The van der Waals surface area contributed by atoms with E-state index in [1.165, 1.54) is 11.8 Å². The third kappa shape index (κ3) is 2.26. The predicted octanol–water partition coefficient (Wildman–Crippen LogP) is 2.04. The molecule has 0 radical (unpaired) electrons. The van der Waals surface area contributed by atoms with Crippen LogP contribution in [-0.4, -0.2) is 21.3 Å². The van der Waals surface area contributed by atoms with E-state index in [4.69, 9.17) is 5.11 Å². The minimum atomic E-state index is -0.719. The van der Waals surface area contributed by atoms with E-state index >= 15 is 0 Å². The first kappa shape index (κ1) is 9.52. The minimum Gasteiger partial charge on any atom is -0.480 e. The fourth-order valence-corrected chi connectivity index (χ4v) is 2.40. The summed E-state index contributed by atoms with van der Waals surface area (Å²) in [5.41, 5.74) is 0. The van der Waals surface area contributed by atoms with Crippen molar-refractivity contribution >= 4 is 17.7 Å². The van der Waals surface area contributed by atoms with Gasteiger partial charge in [0.05, 0.1) is 5.03 Å². The van der Waals surface area contributed by atoms with Gasteiger partial charge in [0.2, 0.25) is 0 Å². The van der Waals surface area contributed by atoms with E-state index in [0.29, 0.717) is 5.92 Å². The molecule has 0 aliphatic heterocycles. The maximum atomic E-state index is 10.9. The molecule has 0 spiro atoms. The Kier molecular flexibility index (Phi) is 2.72. The van der Waals surface area contributed by atoms with Crippen molar-refractivity contribution in [2.75, 3.05) is 0 Å². The van der Waals surface area contributed by atoms with E-state index in [0.717, 1.165) is 17.9 Å². The molecule has 14 heavy (non-hydrogen) atoms. The van der Waals surface area contributed by atoms with Gasteiger partial charge in [-0.25, -0.2) is 4.98 Å². The lowest BCUT2D eigenvalue weighted by Gasteiger charge is -2.09. The Labute approximate surface area is 86.5 Å². The molecule has 74 valence electrons. The van der Waals surface area contributed by atoms with Gasteiger partial charge in [-0.3, -0.25) is 4.79 Å². The van der Waals surface area contributed by atoms with E-state index in [9.17, 15) is 4.79 Å². The molecule has 1 aliphatic carbocycles. The van der Waals surface area contributed by atoms with Crippen LogP contribution in [-0.2, 0) is 4.79 Å². The van der Waals surface area contributed by atoms with Crippen molar-refractivity contribution in [1.29, 1.82) is 0 Å². The van der Waals surface area contributed by atoms with Crippen molar-refractivity contribution in [2.45, 2.75) is 23.1 Å². The van der Waals surface area contributed by atoms with Crippen LogP contribution in [0.1, 0.15) is 12.8 Å². The van der Waals surface area contributed by atoms with E-state index in [2.05, 4.69) is 4.98 Å². The van der Waals surface area contributed by atoms with Crippen molar-refractivity contribution in [3.8, 4) is 0 Å². The van der Waals surface area contributed by atoms with Crippen molar-refractivity contribution in [3.63, 3.8) is 0 Å². The molecule has 0 aromatic carbocycles. The largest absolute Gasteiger partial charge is 0.480 e. The average Bonchev–Trinajstić information content (AvgIpc) is 2.99. The summed E-state index contributed by atoms with van der Waals surface area (Å²) in [6, 6.07) is 5.56. The molecule has 3 nitrogen and oxygen atoms in total. The number of thioether (sulfide) groups is 1. The highest BCUT2D eigenvalue weighted by Gasteiger charge is 2.37. The number of hydrogen-bond donors (Lipinski definition) is 1. The number of carboxylic acids is 1. The summed E-state index contributed by atoms with van der Waals surface area (Å²) in [5, 5.41) is 9.48. The first-order valence-electron chi connectivity index (χ1n) is 4.58. The van der Waals surface area contributed by atoms with Gasteiger partial charge < -0.3 is 5.11 Å². The Hall–Kier alpha value is -1.03. The molecule has 0 bridgehead atoms.